The minimum Gasteiger partial charge on any atom is -0.378 e. The van der Waals surface area contributed by atoms with Crippen LogP contribution >= 0.6 is 0 Å². The predicted molar refractivity (Wildman–Crippen MR) is 63.5 cm³/mol. The van der Waals surface area contributed by atoms with Gasteiger partial charge in [-0.25, -0.2) is 0 Å². The van der Waals surface area contributed by atoms with Crippen LogP contribution in [-0.2, 0) is 17.2 Å². The third-order valence-electron chi connectivity index (χ3n) is 2.86. The van der Waals surface area contributed by atoms with Crippen molar-refractivity contribution in [2.75, 3.05) is 19.8 Å². The molecule has 1 aromatic rings. The summed E-state index contributed by atoms with van der Waals surface area (Å²) in [6.07, 6.45) is 2.10. The van der Waals surface area contributed by atoms with Gasteiger partial charge >= 0.3 is 0 Å². The number of morpholine rings is 1. The summed E-state index contributed by atoms with van der Waals surface area (Å²) >= 11 is 0. The molecule has 0 aliphatic carbocycles. The minimum atomic E-state index is 0.0791. The van der Waals surface area contributed by atoms with E-state index in [1.165, 1.54) is 5.56 Å². The van der Waals surface area contributed by atoms with Crippen LogP contribution in [0.5, 0.6) is 0 Å². The Morgan fingerprint density at radius 2 is 2.25 bits per heavy atom. The zero-order valence-corrected chi connectivity index (χ0v) is 10.6. The molecule has 1 atom stereocenters. The third kappa shape index (κ3) is 2.28. The van der Waals surface area contributed by atoms with E-state index in [1.807, 2.05) is 11.7 Å². The first-order valence-corrected chi connectivity index (χ1v) is 5.83. The highest BCUT2D eigenvalue weighted by Crippen LogP contribution is 2.29. The summed E-state index contributed by atoms with van der Waals surface area (Å²) < 4.78 is 7.41. The molecule has 4 heteroatoms. The monoisotopic (exact) mass is 223 g/mol. The van der Waals surface area contributed by atoms with Crippen LogP contribution in [0.4, 0.5) is 0 Å². The van der Waals surface area contributed by atoms with Gasteiger partial charge in [-0.15, -0.1) is 0 Å². The number of nitrogens with one attached hydrogen (secondary N) is 1. The molecule has 2 rings (SSSR count). The van der Waals surface area contributed by atoms with Crippen LogP contribution in [0, 0.1) is 0 Å². The maximum Gasteiger partial charge on any atom is 0.0726 e. The highest BCUT2D eigenvalue weighted by atomic mass is 16.5. The van der Waals surface area contributed by atoms with Crippen LogP contribution in [-0.4, -0.2) is 29.5 Å². The summed E-state index contributed by atoms with van der Waals surface area (Å²) in [7, 11) is 1.97. The fourth-order valence-corrected chi connectivity index (χ4v) is 2.11. The summed E-state index contributed by atoms with van der Waals surface area (Å²) in [5.74, 6) is 0. The molecule has 1 aliphatic rings. The molecule has 4 nitrogen and oxygen atoms in total. The van der Waals surface area contributed by atoms with Crippen LogP contribution < -0.4 is 5.32 Å². The van der Waals surface area contributed by atoms with Crippen molar-refractivity contribution in [2.24, 2.45) is 7.05 Å². The van der Waals surface area contributed by atoms with Gasteiger partial charge in [0.05, 0.1) is 24.9 Å². The molecule has 0 aromatic carbocycles. The molecule has 1 aromatic heterocycles. The molecule has 0 spiro atoms. The molecule has 2 heterocycles. The third-order valence-corrected chi connectivity index (χ3v) is 2.86. The lowest BCUT2D eigenvalue weighted by Gasteiger charge is -2.26. The average Bonchev–Trinajstić information content (AvgIpc) is 2.61. The van der Waals surface area contributed by atoms with Gasteiger partial charge in [0, 0.05) is 30.8 Å². The highest BCUT2D eigenvalue weighted by molar-refractivity contribution is 5.27. The summed E-state index contributed by atoms with van der Waals surface area (Å²) in [6, 6.07) is 0.289. The van der Waals surface area contributed by atoms with E-state index in [0.717, 1.165) is 25.5 Å². The normalized spacial score (nSPS) is 22.4. The summed E-state index contributed by atoms with van der Waals surface area (Å²) in [5.41, 5.74) is 2.52. The molecule has 1 aliphatic heterocycles. The fraction of sp³-hybridized carbons (Fsp3) is 0.750. The number of aryl methyl sites for hydroxylation is 1. The maximum atomic E-state index is 5.51. The lowest BCUT2D eigenvalue weighted by molar-refractivity contribution is 0.0763. The van der Waals surface area contributed by atoms with E-state index in [2.05, 4.69) is 37.4 Å². The van der Waals surface area contributed by atoms with Crippen LogP contribution in [0.15, 0.2) is 6.20 Å². The number of hydrogen-bond acceptors (Lipinski definition) is 3. The van der Waals surface area contributed by atoms with Crippen molar-refractivity contribution in [1.82, 2.24) is 15.1 Å². The van der Waals surface area contributed by atoms with E-state index < -0.39 is 0 Å². The van der Waals surface area contributed by atoms with Gasteiger partial charge in [0.1, 0.15) is 0 Å². The molecule has 0 saturated carbocycles. The quantitative estimate of drug-likeness (QED) is 0.781. The molecule has 1 N–H and O–H groups in total. The minimum absolute atomic E-state index is 0.0791. The van der Waals surface area contributed by atoms with Crippen molar-refractivity contribution < 1.29 is 4.74 Å². The Kier molecular flexibility index (Phi) is 3.04. The zero-order valence-electron chi connectivity index (χ0n) is 10.6. The van der Waals surface area contributed by atoms with Crippen molar-refractivity contribution in [3.8, 4) is 0 Å². The Morgan fingerprint density at radius 3 is 2.81 bits per heavy atom. The standard InChI is InChI=1S/C12H21N3O/c1-12(2,3)11-9(7-15(4)14-11)10-8-16-6-5-13-10/h7,10,13H,5-6,8H2,1-4H3. The fourth-order valence-electron chi connectivity index (χ4n) is 2.11. The molecular formula is C12H21N3O. The van der Waals surface area contributed by atoms with Gasteiger partial charge in [-0.05, 0) is 0 Å². The summed E-state index contributed by atoms with van der Waals surface area (Å²) in [5, 5.41) is 8.06. The van der Waals surface area contributed by atoms with E-state index in [9.17, 15) is 0 Å². The Labute approximate surface area is 97.0 Å². The smallest absolute Gasteiger partial charge is 0.0726 e. The van der Waals surface area contributed by atoms with E-state index in [-0.39, 0.29) is 11.5 Å². The second-order valence-electron chi connectivity index (χ2n) is 5.44. The molecule has 0 radical (unpaired) electrons. The topological polar surface area (TPSA) is 39.1 Å². The van der Waals surface area contributed by atoms with Gasteiger partial charge in [0.25, 0.3) is 0 Å². The van der Waals surface area contributed by atoms with Crippen molar-refractivity contribution in [2.45, 2.75) is 32.2 Å². The first kappa shape index (κ1) is 11.6. The average molecular weight is 223 g/mol. The molecule has 0 bridgehead atoms. The van der Waals surface area contributed by atoms with Crippen molar-refractivity contribution in [3.63, 3.8) is 0 Å². The van der Waals surface area contributed by atoms with E-state index in [1.54, 1.807) is 0 Å². The number of nitrogens with zero attached hydrogens (tertiary/aromatic N) is 2. The molecular weight excluding hydrogens is 202 g/mol. The first-order chi connectivity index (χ1) is 7.48. The summed E-state index contributed by atoms with van der Waals surface area (Å²) in [6.45, 7) is 9.06. The van der Waals surface area contributed by atoms with E-state index >= 15 is 0 Å². The molecule has 0 amide bonds. The predicted octanol–water partition coefficient (Wildman–Crippen LogP) is 1.38. The van der Waals surface area contributed by atoms with Gasteiger partial charge in [-0.1, -0.05) is 20.8 Å². The van der Waals surface area contributed by atoms with Crippen LogP contribution in [0.3, 0.4) is 0 Å². The van der Waals surface area contributed by atoms with Crippen LogP contribution in [0.2, 0.25) is 0 Å². The Hall–Kier alpha value is -0.870. The first-order valence-electron chi connectivity index (χ1n) is 5.83. The zero-order chi connectivity index (χ0) is 11.8. The SMILES string of the molecule is Cn1cc(C2COCCN2)c(C(C)(C)C)n1. The molecule has 90 valence electrons. The second-order valence-corrected chi connectivity index (χ2v) is 5.44. The van der Waals surface area contributed by atoms with Crippen molar-refractivity contribution >= 4 is 0 Å². The molecule has 1 unspecified atom stereocenters. The molecule has 16 heavy (non-hydrogen) atoms. The van der Waals surface area contributed by atoms with Gasteiger partial charge < -0.3 is 10.1 Å². The molecule has 1 fully saturated rings. The number of rotatable bonds is 1. The summed E-state index contributed by atoms with van der Waals surface area (Å²) in [4.78, 5) is 0. The van der Waals surface area contributed by atoms with E-state index in [4.69, 9.17) is 4.74 Å². The van der Waals surface area contributed by atoms with Gasteiger partial charge in [0.2, 0.25) is 0 Å². The van der Waals surface area contributed by atoms with E-state index in [0.29, 0.717) is 0 Å². The second kappa shape index (κ2) is 4.18. The Balaban J connectivity index is 2.31. The Bertz CT molecular complexity index is 359. The lowest BCUT2D eigenvalue weighted by Crippen LogP contribution is -2.35. The van der Waals surface area contributed by atoms with Gasteiger partial charge in [-0.3, -0.25) is 4.68 Å². The lowest BCUT2D eigenvalue weighted by atomic mass is 9.87. The van der Waals surface area contributed by atoms with Crippen molar-refractivity contribution in [1.29, 1.82) is 0 Å². The molecule has 1 saturated heterocycles. The Morgan fingerprint density at radius 1 is 1.50 bits per heavy atom. The largest absolute Gasteiger partial charge is 0.378 e. The number of ether oxygens (including phenoxy) is 1. The maximum absolute atomic E-state index is 5.51. The van der Waals surface area contributed by atoms with Gasteiger partial charge in [-0.2, -0.15) is 5.10 Å². The number of hydrogen-bond donors (Lipinski definition) is 1. The van der Waals surface area contributed by atoms with Gasteiger partial charge in [0.15, 0.2) is 0 Å². The van der Waals surface area contributed by atoms with Crippen LogP contribution in [0.25, 0.3) is 0 Å². The number of aromatic nitrogens is 2. The van der Waals surface area contributed by atoms with Crippen molar-refractivity contribution in [3.05, 3.63) is 17.5 Å². The van der Waals surface area contributed by atoms with Crippen LogP contribution in [0.1, 0.15) is 38.1 Å². The highest BCUT2D eigenvalue weighted by Gasteiger charge is 2.27.